The van der Waals surface area contributed by atoms with E-state index >= 15 is 0 Å². The predicted octanol–water partition coefficient (Wildman–Crippen LogP) is 1.96. The molecule has 32 heavy (non-hydrogen) atoms. The minimum Gasteiger partial charge on any atom is -0.454 e. The van der Waals surface area contributed by atoms with Crippen LogP contribution in [0.25, 0.3) is 11.3 Å². The Hall–Kier alpha value is -2.42. The average molecular weight is 440 g/mol. The fourth-order valence-corrected chi connectivity index (χ4v) is 5.46. The number of nitrogens with two attached hydrogens (primary N) is 1. The number of hydrogen-bond acceptors (Lipinski definition) is 7. The number of ether oxygens (including phenoxy) is 4. The molecule has 0 spiro atoms. The van der Waals surface area contributed by atoms with Crippen molar-refractivity contribution in [3.05, 3.63) is 30.5 Å². The summed E-state index contributed by atoms with van der Waals surface area (Å²) in [7, 11) is 0. The van der Waals surface area contributed by atoms with Crippen molar-refractivity contribution in [2.45, 2.75) is 56.4 Å². The van der Waals surface area contributed by atoms with Crippen LogP contribution in [0.3, 0.4) is 0 Å². The van der Waals surface area contributed by atoms with Gasteiger partial charge in [0.1, 0.15) is 24.9 Å². The van der Waals surface area contributed by atoms with Gasteiger partial charge in [0.05, 0.1) is 24.9 Å². The maximum atomic E-state index is 6.17. The van der Waals surface area contributed by atoms with E-state index in [0.717, 1.165) is 35.3 Å². The van der Waals surface area contributed by atoms with Crippen molar-refractivity contribution in [2.24, 2.45) is 5.92 Å². The number of quaternary nitrogens is 1. The van der Waals surface area contributed by atoms with Gasteiger partial charge in [0.15, 0.2) is 11.5 Å². The van der Waals surface area contributed by atoms with Crippen molar-refractivity contribution in [1.29, 1.82) is 0 Å². The van der Waals surface area contributed by atoms with Crippen LogP contribution in [0.15, 0.2) is 30.5 Å². The second kappa shape index (κ2) is 8.84. The van der Waals surface area contributed by atoms with Gasteiger partial charge in [0.25, 0.3) is 0 Å². The number of aromatic nitrogens is 2. The summed E-state index contributed by atoms with van der Waals surface area (Å²) in [5.41, 5.74) is 1.80. The molecule has 0 amide bonds. The normalized spacial score (nSPS) is 29.2. The zero-order valence-electron chi connectivity index (χ0n) is 18.2. The number of fused-ring (bicyclic) bond motifs is 2. The number of anilines is 1. The molecule has 8 nitrogen and oxygen atoms in total. The van der Waals surface area contributed by atoms with Gasteiger partial charge in [-0.05, 0) is 37.1 Å². The molecule has 1 saturated carbocycles. The molecule has 2 aromatic rings. The first kappa shape index (κ1) is 20.2. The molecule has 3 fully saturated rings. The van der Waals surface area contributed by atoms with Gasteiger partial charge in [0, 0.05) is 17.7 Å². The zero-order valence-corrected chi connectivity index (χ0v) is 18.2. The number of nitrogens with one attached hydrogen (secondary N) is 1. The highest BCUT2D eigenvalue weighted by Gasteiger charge is 2.50. The Kier molecular flexibility index (Phi) is 5.58. The van der Waals surface area contributed by atoms with E-state index in [1.54, 1.807) is 6.20 Å². The number of hydrogen-bond donors (Lipinski definition) is 2. The summed E-state index contributed by atoms with van der Waals surface area (Å²) in [5.74, 6) is 2.96. The molecule has 4 aliphatic rings. The summed E-state index contributed by atoms with van der Waals surface area (Å²) < 4.78 is 23.3. The maximum Gasteiger partial charge on any atom is 0.231 e. The third kappa shape index (κ3) is 4.02. The van der Waals surface area contributed by atoms with E-state index < -0.39 is 0 Å². The van der Waals surface area contributed by atoms with Gasteiger partial charge in [-0.3, -0.25) is 0 Å². The highest BCUT2D eigenvalue weighted by atomic mass is 16.7. The maximum absolute atomic E-state index is 6.17. The molecule has 4 heterocycles. The van der Waals surface area contributed by atoms with E-state index in [1.807, 2.05) is 24.3 Å². The lowest BCUT2D eigenvalue weighted by Gasteiger charge is -2.22. The van der Waals surface area contributed by atoms with Gasteiger partial charge in [0.2, 0.25) is 12.7 Å². The highest BCUT2D eigenvalue weighted by Crippen LogP contribution is 2.35. The summed E-state index contributed by atoms with van der Waals surface area (Å²) in [5, 5.41) is 5.93. The molecule has 1 aromatic carbocycles. The third-order valence-electron chi connectivity index (χ3n) is 7.23. The van der Waals surface area contributed by atoms with Gasteiger partial charge in [-0.15, -0.1) is 0 Å². The minimum atomic E-state index is 0.0420. The molecule has 0 bridgehead atoms. The van der Waals surface area contributed by atoms with Crippen LogP contribution in [0.2, 0.25) is 0 Å². The van der Waals surface area contributed by atoms with Crippen molar-refractivity contribution in [3.63, 3.8) is 0 Å². The predicted molar refractivity (Wildman–Crippen MR) is 118 cm³/mol. The van der Waals surface area contributed by atoms with Gasteiger partial charge < -0.3 is 29.6 Å². The summed E-state index contributed by atoms with van der Waals surface area (Å²) in [4.78, 5) is 9.16. The molecule has 4 atom stereocenters. The molecule has 0 radical (unpaired) electrons. The van der Waals surface area contributed by atoms with Gasteiger partial charge in [-0.2, -0.15) is 0 Å². The Balaban J connectivity index is 1.09. The minimum absolute atomic E-state index is 0.0420. The topological polar surface area (TPSA) is 91.3 Å². The van der Waals surface area contributed by atoms with Gasteiger partial charge in [-0.25, -0.2) is 9.97 Å². The first-order valence-corrected chi connectivity index (χ1v) is 11.9. The molecule has 0 unspecified atom stereocenters. The Bertz CT molecular complexity index is 951. The molecule has 3 aliphatic heterocycles. The van der Waals surface area contributed by atoms with E-state index in [2.05, 4.69) is 15.6 Å². The molecule has 6 rings (SSSR count). The van der Waals surface area contributed by atoms with Crippen LogP contribution in [0.4, 0.5) is 5.95 Å². The quantitative estimate of drug-likeness (QED) is 0.711. The number of benzene rings is 1. The van der Waals surface area contributed by atoms with Crippen molar-refractivity contribution in [2.75, 3.05) is 31.9 Å². The highest BCUT2D eigenvalue weighted by molar-refractivity contribution is 5.65. The summed E-state index contributed by atoms with van der Waals surface area (Å²) in [6.07, 6.45) is 8.88. The molecular formula is C24H31N4O4+. The number of nitrogens with zero attached hydrogens (tertiary/aromatic N) is 2. The van der Waals surface area contributed by atoms with Crippen LogP contribution >= 0.6 is 0 Å². The first-order chi connectivity index (χ1) is 15.8. The van der Waals surface area contributed by atoms with E-state index in [-0.39, 0.29) is 25.0 Å². The zero-order chi connectivity index (χ0) is 21.3. The van der Waals surface area contributed by atoms with Gasteiger partial charge in [-0.1, -0.05) is 19.3 Å². The lowest BCUT2D eigenvalue weighted by molar-refractivity contribution is -0.698. The fraction of sp³-hybridized carbons (Fsp3) is 0.583. The number of rotatable bonds is 6. The molecule has 8 heteroatoms. The average Bonchev–Trinajstić information content (AvgIpc) is 3.56. The van der Waals surface area contributed by atoms with Crippen molar-refractivity contribution < 1.29 is 24.3 Å². The SMILES string of the molecule is c1cc(-c2ccc3c(c2)OCO3)nc(N[C@H]2CO[C@H]3[C@@H]2OC[C@@H]3[NH2+]CC2CCCCC2)n1. The fourth-order valence-electron chi connectivity index (χ4n) is 5.46. The lowest BCUT2D eigenvalue weighted by atomic mass is 9.89. The molecular weight excluding hydrogens is 408 g/mol. The second-order valence-corrected chi connectivity index (χ2v) is 9.32. The van der Waals surface area contributed by atoms with Crippen LogP contribution in [0, 0.1) is 5.92 Å². The smallest absolute Gasteiger partial charge is 0.231 e. The summed E-state index contributed by atoms with van der Waals surface area (Å²) >= 11 is 0. The van der Waals surface area contributed by atoms with E-state index in [9.17, 15) is 0 Å². The van der Waals surface area contributed by atoms with Gasteiger partial charge >= 0.3 is 0 Å². The van der Waals surface area contributed by atoms with Crippen LogP contribution in [-0.2, 0) is 9.47 Å². The molecule has 1 aromatic heterocycles. The molecule has 2 saturated heterocycles. The molecule has 1 aliphatic carbocycles. The van der Waals surface area contributed by atoms with E-state index in [1.165, 1.54) is 38.6 Å². The largest absolute Gasteiger partial charge is 0.454 e. The van der Waals surface area contributed by atoms with E-state index in [0.29, 0.717) is 18.6 Å². The Morgan fingerprint density at radius 1 is 0.969 bits per heavy atom. The first-order valence-electron chi connectivity index (χ1n) is 11.9. The summed E-state index contributed by atoms with van der Waals surface area (Å²) in [6.45, 7) is 2.82. The summed E-state index contributed by atoms with van der Waals surface area (Å²) in [6, 6.07) is 8.20. The lowest BCUT2D eigenvalue weighted by Crippen LogP contribution is -2.93. The standard InChI is InChI=1S/C24H30N4O4/c1-2-4-15(5-3-1)11-26-18-12-29-23-19(13-30-22(18)23)28-24-25-9-8-17(27-24)16-6-7-20-21(10-16)32-14-31-20/h6-10,15,18-19,22-23,26H,1-5,11-14H2,(H,25,27,28)/p+1/t18-,19-,22+,23+/m0/s1. The van der Waals surface area contributed by atoms with Crippen molar-refractivity contribution >= 4 is 5.95 Å². The van der Waals surface area contributed by atoms with Crippen molar-refractivity contribution in [1.82, 2.24) is 9.97 Å². The van der Waals surface area contributed by atoms with Crippen LogP contribution in [0.5, 0.6) is 11.5 Å². The monoisotopic (exact) mass is 439 g/mol. The Labute approximate surface area is 188 Å². The van der Waals surface area contributed by atoms with Crippen LogP contribution in [-0.4, -0.2) is 60.8 Å². The third-order valence-corrected chi connectivity index (χ3v) is 7.23. The molecule has 170 valence electrons. The van der Waals surface area contributed by atoms with Crippen LogP contribution < -0.4 is 20.1 Å². The Morgan fingerprint density at radius 2 is 1.84 bits per heavy atom. The Morgan fingerprint density at radius 3 is 2.78 bits per heavy atom. The van der Waals surface area contributed by atoms with Crippen molar-refractivity contribution in [3.8, 4) is 22.8 Å². The molecule has 3 N–H and O–H groups in total. The van der Waals surface area contributed by atoms with E-state index in [4.69, 9.17) is 23.9 Å². The van der Waals surface area contributed by atoms with Crippen LogP contribution in [0.1, 0.15) is 32.1 Å². The second-order valence-electron chi connectivity index (χ2n) is 9.32.